The highest BCUT2D eigenvalue weighted by molar-refractivity contribution is 5.94. The Labute approximate surface area is 173 Å². The van der Waals surface area contributed by atoms with Crippen LogP contribution in [-0.4, -0.2) is 23.1 Å². The third kappa shape index (κ3) is 2.62. The van der Waals surface area contributed by atoms with Gasteiger partial charge in [0.1, 0.15) is 0 Å². The van der Waals surface area contributed by atoms with Gasteiger partial charge in [-0.1, -0.05) is 26.3 Å². The summed E-state index contributed by atoms with van der Waals surface area (Å²) < 4.78 is 5.75. The molecular formula is C25H32O4. The zero-order valence-corrected chi connectivity index (χ0v) is 18.0. The van der Waals surface area contributed by atoms with Crippen LogP contribution >= 0.6 is 0 Å². The molecule has 0 aromatic carbocycles. The lowest BCUT2D eigenvalue weighted by molar-refractivity contribution is -0.184. The van der Waals surface area contributed by atoms with Gasteiger partial charge in [-0.15, -0.1) is 6.42 Å². The largest absolute Gasteiger partial charge is 0.441 e. The van der Waals surface area contributed by atoms with Gasteiger partial charge in [-0.25, -0.2) is 4.79 Å². The van der Waals surface area contributed by atoms with Crippen LogP contribution in [0.2, 0.25) is 0 Å². The van der Waals surface area contributed by atoms with Gasteiger partial charge in [0.25, 0.3) is 0 Å². The Hall–Kier alpha value is -1.89. The standard InChI is InChI=1S/C25H32O4/c1-6-22(28)29-25(16(3)26)12-9-20-18-13-15(2)21-14-17(27)7-10-23(21,4)19(18)8-11-24(20,25)5/h1,14-15,18-20H,7-13H2,2-5H3/t15-,18+,19-,20-,23+,24-,25-/m0/s1. The fourth-order valence-corrected chi connectivity index (χ4v) is 7.99. The van der Waals surface area contributed by atoms with E-state index < -0.39 is 11.6 Å². The minimum Gasteiger partial charge on any atom is -0.441 e. The quantitative estimate of drug-likeness (QED) is 0.397. The van der Waals surface area contributed by atoms with E-state index in [1.807, 2.05) is 12.0 Å². The highest BCUT2D eigenvalue weighted by Gasteiger charge is 2.68. The van der Waals surface area contributed by atoms with Crippen LogP contribution in [0, 0.1) is 46.8 Å². The van der Waals surface area contributed by atoms with Gasteiger partial charge in [0, 0.05) is 17.8 Å². The molecule has 29 heavy (non-hydrogen) atoms. The van der Waals surface area contributed by atoms with Crippen LogP contribution in [0.1, 0.15) is 72.6 Å². The van der Waals surface area contributed by atoms with E-state index in [0.29, 0.717) is 36.5 Å². The Bertz CT molecular complexity index is 847. The van der Waals surface area contributed by atoms with Crippen LogP contribution in [0.15, 0.2) is 11.6 Å². The van der Waals surface area contributed by atoms with E-state index in [0.717, 1.165) is 32.1 Å². The van der Waals surface area contributed by atoms with Crippen molar-refractivity contribution in [3.63, 3.8) is 0 Å². The fraction of sp³-hybridized carbons (Fsp3) is 0.720. The first kappa shape index (κ1) is 20.4. The van der Waals surface area contributed by atoms with Gasteiger partial charge < -0.3 is 4.74 Å². The van der Waals surface area contributed by atoms with Crippen LogP contribution in [0.25, 0.3) is 0 Å². The first-order valence-corrected chi connectivity index (χ1v) is 11.0. The molecule has 0 aromatic rings. The molecule has 0 heterocycles. The average molecular weight is 397 g/mol. The first-order chi connectivity index (χ1) is 13.6. The molecule has 4 rings (SSSR count). The summed E-state index contributed by atoms with van der Waals surface area (Å²) in [5.41, 5.74) is -0.0780. The van der Waals surface area contributed by atoms with Crippen molar-refractivity contribution in [2.45, 2.75) is 78.2 Å². The number of ether oxygens (including phenoxy) is 1. The summed E-state index contributed by atoms with van der Waals surface area (Å²) in [6, 6.07) is 0. The van der Waals surface area contributed by atoms with Crippen molar-refractivity contribution < 1.29 is 19.1 Å². The van der Waals surface area contributed by atoms with Crippen LogP contribution in [0.3, 0.4) is 0 Å². The Morgan fingerprint density at radius 3 is 2.52 bits per heavy atom. The molecule has 0 amide bonds. The molecule has 3 saturated carbocycles. The maximum Gasteiger partial charge on any atom is 0.385 e. The number of ketones is 2. The number of hydrogen-bond acceptors (Lipinski definition) is 4. The van der Waals surface area contributed by atoms with E-state index in [4.69, 9.17) is 11.2 Å². The number of carbonyl (C=O) groups excluding carboxylic acids is 3. The molecule has 0 N–H and O–H groups in total. The van der Waals surface area contributed by atoms with E-state index in [2.05, 4.69) is 20.8 Å². The summed E-state index contributed by atoms with van der Waals surface area (Å²) in [4.78, 5) is 37.0. The Morgan fingerprint density at radius 2 is 1.86 bits per heavy atom. The second-order valence-electron chi connectivity index (χ2n) is 10.4. The summed E-state index contributed by atoms with van der Waals surface area (Å²) in [7, 11) is 0. The fourth-order valence-electron chi connectivity index (χ4n) is 7.99. The molecule has 156 valence electrons. The van der Waals surface area contributed by atoms with Gasteiger partial charge >= 0.3 is 5.97 Å². The molecular weight excluding hydrogens is 364 g/mol. The zero-order valence-electron chi connectivity index (χ0n) is 18.0. The second kappa shape index (κ2) is 6.56. The number of esters is 1. The minimum atomic E-state index is -1.10. The van der Waals surface area contributed by atoms with Gasteiger partial charge in [-0.05, 0) is 80.6 Å². The normalized spacial score (nSPS) is 45.9. The molecule has 3 fully saturated rings. The smallest absolute Gasteiger partial charge is 0.385 e. The Morgan fingerprint density at radius 1 is 1.17 bits per heavy atom. The lowest BCUT2D eigenvalue weighted by Crippen LogP contribution is -2.59. The highest BCUT2D eigenvalue weighted by atomic mass is 16.6. The van der Waals surface area contributed by atoms with Gasteiger partial charge in [0.05, 0.1) is 0 Å². The van der Waals surface area contributed by atoms with E-state index >= 15 is 0 Å². The van der Waals surface area contributed by atoms with Crippen molar-refractivity contribution in [2.24, 2.45) is 34.5 Å². The molecule has 7 atom stereocenters. The Balaban J connectivity index is 1.73. The molecule has 0 saturated heterocycles. The number of rotatable bonds is 2. The lowest BCUT2D eigenvalue weighted by atomic mass is 9.44. The van der Waals surface area contributed by atoms with E-state index in [9.17, 15) is 14.4 Å². The molecule has 0 bridgehead atoms. The van der Waals surface area contributed by atoms with Crippen LogP contribution < -0.4 is 0 Å². The maximum absolute atomic E-state index is 12.8. The number of carbonyl (C=O) groups is 3. The lowest BCUT2D eigenvalue weighted by Gasteiger charge is -2.60. The highest BCUT2D eigenvalue weighted by Crippen LogP contribution is 2.69. The van der Waals surface area contributed by atoms with Crippen molar-refractivity contribution in [3.8, 4) is 12.3 Å². The van der Waals surface area contributed by atoms with E-state index in [1.54, 1.807) is 6.92 Å². The molecule has 0 spiro atoms. The monoisotopic (exact) mass is 396 g/mol. The van der Waals surface area contributed by atoms with Crippen LogP contribution in [0.5, 0.6) is 0 Å². The molecule has 0 aromatic heterocycles. The van der Waals surface area contributed by atoms with E-state index in [1.165, 1.54) is 5.57 Å². The molecule has 0 radical (unpaired) electrons. The number of Topliss-reactive ketones (excluding diaryl/α,β-unsaturated/α-hetero) is 1. The third-order valence-corrected chi connectivity index (χ3v) is 9.35. The molecule has 4 aliphatic rings. The number of fused-ring (bicyclic) bond motifs is 5. The maximum atomic E-state index is 12.8. The summed E-state index contributed by atoms with van der Waals surface area (Å²) in [5, 5.41) is 0. The van der Waals surface area contributed by atoms with Gasteiger partial charge in [0.2, 0.25) is 0 Å². The SMILES string of the molecule is C#CC(=O)O[C@]1(C(C)=O)CC[C@H]2[C@@H]3C[C@H](C)C4=CC(=O)CC[C@]4(C)[C@H]3CC[C@@]21C. The Kier molecular flexibility index (Phi) is 4.61. The molecule has 4 heteroatoms. The van der Waals surface area contributed by atoms with E-state index in [-0.39, 0.29) is 22.4 Å². The molecule has 4 nitrogen and oxygen atoms in total. The molecule has 4 aliphatic carbocycles. The molecule has 0 unspecified atom stereocenters. The van der Waals surface area contributed by atoms with Crippen molar-refractivity contribution >= 4 is 17.5 Å². The minimum absolute atomic E-state index is 0.0640. The number of allylic oxidation sites excluding steroid dienone is 1. The van der Waals surface area contributed by atoms with Gasteiger partial charge in [-0.2, -0.15) is 0 Å². The topological polar surface area (TPSA) is 60.4 Å². The predicted molar refractivity (Wildman–Crippen MR) is 110 cm³/mol. The molecule has 0 aliphatic heterocycles. The van der Waals surface area contributed by atoms with Crippen molar-refractivity contribution in [1.29, 1.82) is 0 Å². The summed E-state index contributed by atoms with van der Waals surface area (Å²) in [5.74, 6) is 3.18. The van der Waals surface area contributed by atoms with Crippen molar-refractivity contribution in [2.75, 3.05) is 0 Å². The summed E-state index contributed by atoms with van der Waals surface area (Å²) in [6.07, 6.45) is 13.1. The van der Waals surface area contributed by atoms with Crippen LogP contribution in [-0.2, 0) is 19.1 Å². The van der Waals surface area contributed by atoms with Crippen LogP contribution in [0.4, 0.5) is 0 Å². The summed E-state index contributed by atoms with van der Waals surface area (Å²) >= 11 is 0. The van der Waals surface area contributed by atoms with Gasteiger partial charge in [0.15, 0.2) is 17.2 Å². The van der Waals surface area contributed by atoms with Crippen molar-refractivity contribution in [1.82, 2.24) is 0 Å². The number of terminal acetylenes is 1. The predicted octanol–water partition coefficient (Wildman–Crippen LogP) is 4.27. The first-order valence-electron chi connectivity index (χ1n) is 11.0. The third-order valence-electron chi connectivity index (χ3n) is 9.35. The summed E-state index contributed by atoms with van der Waals surface area (Å²) in [6.45, 7) is 8.29. The van der Waals surface area contributed by atoms with Gasteiger partial charge in [-0.3, -0.25) is 9.59 Å². The average Bonchev–Trinajstić information content (AvgIpc) is 2.97. The second-order valence-corrected chi connectivity index (χ2v) is 10.4. The number of hydrogen-bond donors (Lipinski definition) is 0. The zero-order chi connectivity index (χ0) is 21.2. The van der Waals surface area contributed by atoms with Crippen molar-refractivity contribution in [3.05, 3.63) is 11.6 Å².